The lowest BCUT2D eigenvalue weighted by Gasteiger charge is -2.43. The molecule has 2 N–H and O–H groups in total. The number of anilines is 2. The first-order valence-electron chi connectivity index (χ1n) is 16.1. The summed E-state index contributed by atoms with van der Waals surface area (Å²) in [5, 5.41) is 3.48. The molecule has 4 aromatic rings. The second-order valence-electron chi connectivity index (χ2n) is 12.8. The first-order valence-corrected chi connectivity index (χ1v) is 18.6. The van der Waals surface area contributed by atoms with Gasteiger partial charge in [0, 0.05) is 31.8 Å². The summed E-state index contributed by atoms with van der Waals surface area (Å²) in [5.74, 6) is -3.09. The van der Waals surface area contributed by atoms with Gasteiger partial charge in [-0.2, -0.15) is 0 Å². The number of nitrogens with one attached hydrogen (secondary N) is 2. The van der Waals surface area contributed by atoms with Crippen LogP contribution in [0.4, 0.5) is 15.8 Å². The number of ether oxygens (including phenoxy) is 2. The molecule has 8 rings (SSSR count). The number of amides is 3. The smallest absolute Gasteiger partial charge is 0.338 e. The summed E-state index contributed by atoms with van der Waals surface area (Å²) in [6, 6.07) is 17.3. The largest absolute Gasteiger partial charge is 0.483 e. The third kappa shape index (κ3) is 5.48. The van der Waals surface area contributed by atoms with Crippen LogP contribution in [-0.4, -0.2) is 47.1 Å². The molecule has 2 saturated carbocycles. The van der Waals surface area contributed by atoms with E-state index in [1.54, 1.807) is 49.0 Å². The van der Waals surface area contributed by atoms with Crippen LogP contribution in [0.3, 0.4) is 0 Å². The molecule has 2 bridgehead atoms. The van der Waals surface area contributed by atoms with Crippen LogP contribution in [0.1, 0.15) is 40.1 Å². The van der Waals surface area contributed by atoms with Gasteiger partial charge >= 0.3 is 10.8 Å². The van der Waals surface area contributed by atoms with Crippen LogP contribution in [0.25, 0.3) is 0 Å². The van der Waals surface area contributed by atoms with Crippen LogP contribution in [-0.2, 0) is 19.1 Å². The minimum atomic E-state index is -0.531. The van der Waals surface area contributed by atoms with E-state index in [4.69, 9.17) is 9.47 Å². The van der Waals surface area contributed by atoms with Gasteiger partial charge in [0.2, 0.25) is 11.8 Å². The minimum absolute atomic E-state index is 0.0540. The number of aromatic nitrogens is 1. The highest BCUT2D eigenvalue weighted by molar-refractivity contribution is 9.10. The standard InChI is InChI=1S/C36H29BrFN3O7S2/c1-2-47-35(45)16-3-8-19(9-4-16)39-25(42)15-48-24-12-5-17(37)13-21(24)26-27-22-14-23(30(27)49-32-31(26)50-36(46)40-32)29-28(22)33(43)41(34(29)44)20-10-6-18(38)7-11-20/h3-13,22-23,26-30H,2,14-15H2,1H3,(H,39,42)(H,40,46)/t22?,23?,26-,27?,28?,29?,30?/m1/s1. The number of H-pyrrole nitrogens is 1. The Bertz CT molecular complexity index is 2100. The number of hydrogen-bond donors (Lipinski definition) is 2. The molecule has 2 aliphatic heterocycles. The predicted octanol–water partition coefficient (Wildman–Crippen LogP) is 6.21. The number of aromatic amines is 1. The Morgan fingerprint density at radius 3 is 2.44 bits per heavy atom. The van der Waals surface area contributed by atoms with E-state index in [0.717, 1.165) is 31.3 Å². The quantitative estimate of drug-likeness (QED) is 0.159. The van der Waals surface area contributed by atoms with E-state index in [9.17, 15) is 28.4 Å². The fourth-order valence-corrected chi connectivity index (χ4v) is 11.6. The molecule has 3 aromatic carbocycles. The van der Waals surface area contributed by atoms with Crippen molar-refractivity contribution in [3.8, 4) is 5.75 Å². The highest BCUT2D eigenvalue weighted by atomic mass is 79.9. The van der Waals surface area contributed by atoms with Crippen molar-refractivity contribution in [1.29, 1.82) is 0 Å². The van der Waals surface area contributed by atoms with E-state index in [1.165, 1.54) is 29.2 Å². The Balaban J connectivity index is 1.08. The summed E-state index contributed by atoms with van der Waals surface area (Å²) < 4.78 is 25.7. The van der Waals surface area contributed by atoms with E-state index in [-0.39, 0.29) is 58.8 Å². The number of thioether (sulfide) groups is 1. The second kappa shape index (κ2) is 12.8. The van der Waals surface area contributed by atoms with Gasteiger partial charge in [-0.3, -0.25) is 24.1 Å². The molecule has 0 spiro atoms. The topological polar surface area (TPSA) is 135 Å². The third-order valence-corrected chi connectivity index (χ3v) is 13.2. The summed E-state index contributed by atoms with van der Waals surface area (Å²) in [7, 11) is 0. The van der Waals surface area contributed by atoms with E-state index in [1.807, 2.05) is 12.1 Å². The average molecular weight is 779 g/mol. The zero-order valence-corrected chi connectivity index (χ0v) is 29.6. The molecule has 1 saturated heterocycles. The molecule has 4 aliphatic rings. The van der Waals surface area contributed by atoms with Gasteiger partial charge in [0.1, 0.15) is 11.6 Å². The maximum absolute atomic E-state index is 14.0. The monoisotopic (exact) mass is 777 g/mol. The lowest BCUT2D eigenvalue weighted by atomic mass is 9.68. The van der Waals surface area contributed by atoms with Crippen LogP contribution in [0.15, 0.2) is 81.0 Å². The number of rotatable bonds is 8. The number of carbonyl (C=O) groups is 4. The van der Waals surface area contributed by atoms with E-state index in [2.05, 4.69) is 26.2 Å². The maximum Gasteiger partial charge on any atom is 0.338 e. The number of halogens is 2. The molecule has 10 nitrogen and oxygen atoms in total. The van der Waals surface area contributed by atoms with Gasteiger partial charge in [0.05, 0.1) is 34.7 Å². The molecule has 3 heterocycles. The van der Waals surface area contributed by atoms with Crippen molar-refractivity contribution in [1.82, 2.24) is 4.98 Å². The van der Waals surface area contributed by atoms with Gasteiger partial charge in [-0.1, -0.05) is 27.3 Å². The molecule has 3 amide bonds. The van der Waals surface area contributed by atoms with Gasteiger partial charge in [-0.25, -0.2) is 9.18 Å². The summed E-state index contributed by atoms with van der Waals surface area (Å²) in [4.78, 5) is 70.5. The zero-order chi connectivity index (χ0) is 34.8. The van der Waals surface area contributed by atoms with Crippen LogP contribution in [0, 0.1) is 35.4 Å². The Kier molecular flexibility index (Phi) is 8.43. The molecule has 3 fully saturated rings. The Morgan fingerprint density at radius 2 is 1.72 bits per heavy atom. The average Bonchev–Trinajstić information content (AvgIpc) is 3.84. The number of nitrogens with zero attached hydrogens (tertiary/aromatic N) is 1. The summed E-state index contributed by atoms with van der Waals surface area (Å²) in [6.07, 6.45) is 0.698. The normalized spacial score (nSPS) is 26.0. The molecule has 0 radical (unpaired) electrons. The van der Waals surface area contributed by atoms with E-state index >= 15 is 0 Å². The Morgan fingerprint density at radius 1 is 1.00 bits per heavy atom. The van der Waals surface area contributed by atoms with Crippen molar-refractivity contribution in [2.75, 3.05) is 23.4 Å². The zero-order valence-electron chi connectivity index (χ0n) is 26.4. The van der Waals surface area contributed by atoms with Crippen molar-refractivity contribution in [3.05, 3.63) is 103 Å². The Labute approximate surface area is 301 Å². The minimum Gasteiger partial charge on any atom is -0.483 e. The molecule has 2 aliphatic carbocycles. The SMILES string of the molecule is CCOC(=O)c1ccc(NC(=O)COc2ccc(Br)cc2[C@H]2c3sc(=O)[nH]c3SC3C4CC(C5C(=O)N(c6ccc(F)cc6)C(=O)C45)C32)cc1. The number of fused-ring (bicyclic) bond motifs is 9. The van der Waals surface area contributed by atoms with Crippen LogP contribution in [0.2, 0.25) is 0 Å². The fourth-order valence-electron chi connectivity index (χ4n) is 8.35. The fraction of sp³-hybridized carbons (Fsp3) is 0.306. The molecule has 1 aromatic heterocycles. The predicted molar refractivity (Wildman–Crippen MR) is 188 cm³/mol. The third-order valence-electron chi connectivity index (χ3n) is 10.2. The second-order valence-corrected chi connectivity index (χ2v) is 15.9. The summed E-state index contributed by atoms with van der Waals surface area (Å²) in [6.45, 7) is 1.68. The number of esters is 1. The summed E-state index contributed by atoms with van der Waals surface area (Å²) >= 11 is 6.30. The molecular weight excluding hydrogens is 749 g/mol. The lowest BCUT2D eigenvalue weighted by molar-refractivity contribution is -0.123. The van der Waals surface area contributed by atoms with Crippen molar-refractivity contribution < 1.29 is 33.0 Å². The van der Waals surface area contributed by atoms with Crippen molar-refractivity contribution >= 4 is 74.1 Å². The first-order chi connectivity index (χ1) is 24.1. The molecular formula is C36H29BrFN3O7S2. The maximum atomic E-state index is 14.0. The lowest BCUT2D eigenvalue weighted by Crippen LogP contribution is -2.42. The van der Waals surface area contributed by atoms with Crippen molar-refractivity contribution in [2.45, 2.75) is 29.5 Å². The van der Waals surface area contributed by atoms with Gasteiger partial charge in [0.25, 0.3) is 5.91 Å². The number of benzene rings is 3. The van der Waals surface area contributed by atoms with Crippen LogP contribution >= 0.6 is 39.0 Å². The number of carbonyl (C=O) groups excluding carboxylic acids is 4. The van der Waals surface area contributed by atoms with Crippen LogP contribution < -0.4 is 19.8 Å². The van der Waals surface area contributed by atoms with Gasteiger partial charge in [-0.15, -0.1) is 11.8 Å². The number of thiazole rings is 1. The number of hydrogen-bond acceptors (Lipinski definition) is 9. The van der Waals surface area contributed by atoms with Gasteiger partial charge in [0.15, 0.2) is 6.61 Å². The van der Waals surface area contributed by atoms with Crippen molar-refractivity contribution in [3.63, 3.8) is 0 Å². The Hall–Kier alpha value is -4.27. The molecule has 6 unspecified atom stereocenters. The van der Waals surface area contributed by atoms with E-state index in [0.29, 0.717) is 29.1 Å². The first kappa shape index (κ1) is 32.9. The van der Waals surface area contributed by atoms with Gasteiger partial charge < -0.3 is 19.8 Å². The molecule has 14 heteroatoms. The molecule has 256 valence electrons. The highest BCUT2D eigenvalue weighted by Gasteiger charge is 2.69. The highest BCUT2D eigenvalue weighted by Crippen LogP contribution is 2.69. The number of imide groups is 1. The molecule has 7 atom stereocenters. The molecule has 50 heavy (non-hydrogen) atoms. The van der Waals surface area contributed by atoms with Crippen molar-refractivity contribution in [2.24, 2.45) is 29.6 Å². The summed E-state index contributed by atoms with van der Waals surface area (Å²) in [5.41, 5.74) is 1.99. The van der Waals surface area contributed by atoms with E-state index < -0.39 is 29.5 Å². The van der Waals surface area contributed by atoms with Gasteiger partial charge in [-0.05, 0) is 97.8 Å². The van der Waals surface area contributed by atoms with Crippen LogP contribution in [0.5, 0.6) is 5.75 Å².